The van der Waals surface area contributed by atoms with E-state index < -0.39 is 30.1 Å². The predicted molar refractivity (Wildman–Crippen MR) is 194 cm³/mol. The molecule has 0 radical (unpaired) electrons. The van der Waals surface area contributed by atoms with Gasteiger partial charge in [-0.15, -0.1) is 0 Å². The van der Waals surface area contributed by atoms with Crippen LogP contribution in [-0.4, -0.2) is 65.9 Å². The number of nitrogens with one attached hydrogen (secondary N) is 1. The first-order valence-electron chi connectivity index (χ1n) is 19.6. The maximum Gasteiger partial charge on any atom is 0.339 e. The van der Waals surface area contributed by atoms with Gasteiger partial charge < -0.3 is 29.4 Å². The lowest BCUT2D eigenvalue weighted by Crippen LogP contribution is -2.45. The van der Waals surface area contributed by atoms with Crippen LogP contribution in [0.3, 0.4) is 0 Å². The first-order valence-corrected chi connectivity index (χ1v) is 19.6. The fraction of sp³-hybridized carbons (Fsp3) is 0.714. The van der Waals surface area contributed by atoms with E-state index >= 15 is 0 Å². The fourth-order valence-electron chi connectivity index (χ4n) is 9.30. The van der Waals surface area contributed by atoms with E-state index in [-0.39, 0.29) is 31.1 Å². The minimum Gasteiger partial charge on any atom is -0.456 e. The van der Waals surface area contributed by atoms with Gasteiger partial charge in [0.1, 0.15) is 18.3 Å². The Bertz CT molecular complexity index is 1420. The van der Waals surface area contributed by atoms with Crippen molar-refractivity contribution in [3.05, 3.63) is 52.6 Å². The zero-order valence-corrected chi connectivity index (χ0v) is 31.1. The standard InChI is InChI=1S/C42H61NO7/c1-6-8-12-19-42(20-13-9-7-2)48-35-26-30(38(45)43-22-23-44)25-34(37(35)50-42)47-39(46)31-15-11-10-14-28(31)24-29-16-17-36-41(5,49-36)21-18-33-32(29)27-40(33,3)4/h10-11,14-15,24,26,32-37,44H,6-9,12-13,16-23,25,27H2,1-5H3,(H,43,45)/t32-,33-,34-,35-,36?,37+,41-/m1/s1. The number of hydrogen-bond donors (Lipinski definition) is 2. The van der Waals surface area contributed by atoms with Gasteiger partial charge in [0.05, 0.1) is 23.9 Å². The van der Waals surface area contributed by atoms with Crippen molar-refractivity contribution in [2.45, 2.75) is 160 Å². The second-order valence-corrected chi connectivity index (χ2v) is 16.5. The highest BCUT2D eigenvalue weighted by Gasteiger charge is 2.56. The number of fused-ring (bicyclic) bond motifs is 3. The molecule has 2 N–H and O–H groups in total. The SMILES string of the molecule is CCCCCC1(CCCCC)O[C@@H]2[C@@H](C=C(C(=O)NCCO)C[C@H]2OC(=O)c2ccccc2C=C2CCC3O[C@]3(C)CC[C@@H]3[C@@H]2CC3(C)C)O1. The van der Waals surface area contributed by atoms with Crippen LogP contribution < -0.4 is 5.32 Å². The summed E-state index contributed by atoms with van der Waals surface area (Å²) in [6, 6.07) is 7.74. The number of epoxide rings is 1. The van der Waals surface area contributed by atoms with Gasteiger partial charge >= 0.3 is 5.97 Å². The molecule has 8 heteroatoms. The van der Waals surface area contributed by atoms with Crippen LogP contribution in [0.15, 0.2) is 41.5 Å². The van der Waals surface area contributed by atoms with Crippen LogP contribution in [0.5, 0.6) is 0 Å². The smallest absolute Gasteiger partial charge is 0.339 e. The van der Waals surface area contributed by atoms with Gasteiger partial charge in [-0.1, -0.05) is 83.2 Å². The molecule has 0 spiro atoms. The van der Waals surface area contributed by atoms with Crippen LogP contribution >= 0.6 is 0 Å². The molecule has 2 saturated carbocycles. The van der Waals surface area contributed by atoms with Crippen LogP contribution in [0, 0.1) is 17.3 Å². The third-order valence-corrected chi connectivity index (χ3v) is 12.4. The molecule has 276 valence electrons. The number of aliphatic hydroxyl groups is 1. The number of amides is 1. The van der Waals surface area contributed by atoms with Crippen LogP contribution in [0.25, 0.3) is 6.08 Å². The molecule has 4 fully saturated rings. The van der Waals surface area contributed by atoms with Crippen LogP contribution in [0.2, 0.25) is 0 Å². The molecule has 0 aromatic heterocycles. The second-order valence-electron chi connectivity index (χ2n) is 16.5. The van der Waals surface area contributed by atoms with Crippen molar-refractivity contribution in [1.82, 2.24) is 5.32 Å². The van der Waals surface area contributed by atoms with E-state index in [0.29, 0.717) is 34.5 Å². The topological polar surface area (TPSA) is 107 Å². The molecule has 0 bridgehead atoms. The minimum absolute atomic E-state index is 0.0170. The second kappa shape index (κ2) is 15.6. The summed E-state index contributed by atoms with van der Waals surface area (Å²) in [6.45, 7) is 11.4. The molecule has 6 rings (SSSR count). The first kappa shape index (κ1) is 37.2. The summed E-state index contributed by atoms with van der Waals surface area (Å²) >= 11 is 0. The summed E-state index contributed by atoms with van der Waals surface area (Å²) in [5.41, 5.74) is 3.61. The molecule has 2 saturated heterocycles. The summed E-state index contributed by atoms with van der Waals surface area (Å²) in [4.78, 5) is 27.4. The number of allylic oxidation sites excluding steroid dienone is 1. The lowest BCUT2D eigenvalue weighted by atomic mass is 9.52. The number of unbranched alkanes of at least 4 members (excludes halogenated alkanes) is 4. The van der Waals surface area contributed by atoms with Gasteiger partial charge in [-0.3, -0.25) is 4.79 Å². The zero-order valence-electron chi connectivity index (χ0n) is 31.1. The fourth-order valence-corrected chi connectivity index (χ4v) is 9.30. The van der Waals surface area contributed by atoms with Crippen molar-refractivity contribution in [1.29, 1.82) is 0 Å². The highest BCUT2D eigenvalue weighted by Crippen LogP contribution is 2.60. The van der Waals surface area contributed by atoms with Gasteiger partial charge in [-0.2, -0.15) is 0 Å². The number of benzene rings is 1. The van der Waals surface area contributed by atoms with Crippen molar-refractivity contribution in [3.63, 3.8) is 0 Å². The van der Waals surface area contributed by atoms with Gasteiger partial charge in [0.2, 0.25) is 5.91 Å². The summed E-state index contributed by atoms with van der Waals surface area (Å²) in [6.07, 6.45) is 16.2. The summed E-state index contributed by atoms with van der Waals surface area (Å²) < 4.78 is 26.1. The minimum atomic E-state index is -0.772. The highest BCUT2D eigenvalue weighted by molar-refractivity contribution is 5.95. The van der Waals surface area contributed by atoms with Crippen molar-refractivity contribution in [2.75, 3.05) is 13.2 Å². The van der Waals surface area contributed by atoms with E-state index in [0.717, 1.165) is 89.0 Å². The lowest BCUT2D eigenvalue weighted by Gasteiger charge is -2.53. The van der Waals surface area contributed by atoms with E-state index in [4.69, 9.17) is 18.9 Å². The number of hydrogen-bond acceptors (Lipinski definition) is 7. The largest absolute Gasteiger partial charge is 0.456 e. The van der Waals surface area contributed by atoms with Crippen LogP contribution in [0.1, 0.15) is 140 Å². The van der Waals surface area contributed by atoms with Gasteiger partial charge in [0, 0.05) is 31.4 Å². The molecule has 50 heavy (non-hydrogen) atoms. The molecule has 2 aliphatic heterocycles. The van der Waals surface area contributed by atoms with Crippen molar-refractivity contribution >= 4 is 18.0 Å². The van der Waals surface area contributed by atoms with E-state index in [2.05, 4.69) is 46.0 Å². The number of ether oxygens (including phenoxy) is 4. The maximum absolute atomic E-state index is 14.2. The molecular formula is C42H61NO7. The molecule has 1 aromatic carbocycles. The molecule has 1 aromatic rings. The lowest BCUT2D eigenvalue weighted by molar-refractivity contribution is -0.190. The van der Waals surface area contributed by atoms with Gasteiger partial charge in [0.15, 0.2) is 5.79 Å². The molecule has 5 aliphatic rings. The van der Waals surface area contributed by atoms with Gasteiger partial charge in [-0.05, 0) is 86.8 Å². The Morgan fingerprint density at radius 1 is 1.00 bits per heavy atom. The molecule has 7 atom stereocenters. The Labute approximate surface area is 299 Å². The Kier molecular flexibility index (Phi) is 11.6. The monoisotopic (exact) mass is 691 g/mol. The van der Waals surface area contributed by atoms with Crippen molar-refractivity contribution in [2.24, 2.45) is 17.3 Å². The summed E-state index contributed by atoms with van der Waals surface area (Å²) in [5.74, 6) is -0.357. The van der Waals surface area contributed by atoms with E-state index in [9.17, 15) is 14.7 Å². The van der Waals surface area contributed by atoms with Gasteiger partial charge in [-0.25, -0.2) is 4.79 Å². The molecule has 1 amide bonds. The Morgan fingerprint density at radius 2 is 1.74 bits per heavy atom. The van der Waals surface area contributed by atoms with Crippen LogP contribution in [0.4, 0.5) is 0 Å². The number of rotatable bonds is 14. The van der Waals surface area contributed by atoms with E-state index in [1.807, 2.05) is 30.3 Å². The normalized spacial score (nSPS) is 33.0. The van der Waals surface area contributed by atoms with Crippen LogP contribution in [-0.2, 0) is 23.7 Å². The van der Waals surface area contributed by atoms with Gasteiger partial charge in [0.25, 0.3) is 0 Å². The first-order chi connectivity index (χ1) is 24.0. The van der Waals surface area contributed by atoms with E-state index in [1.54, 1.807) is 0 Å². The Hall–Kier alpha value is -2.52. The number of carbonyl (C=O) groups is 2. The molecule has 8 nitrogen and oxygen atoms in total. The zero-order chi connectivity index (χ0) is 35.5. The summed E-state index contributed by atoms with van der Waals surface area (Å²) in [5, 5.41) is 12.1. The predicted octanol–water partition coefficient (Wildman–Crippen LogP) is 8.07. The number of aliphatic hydroxyl groups excluding tert-OH is 1. The average Bonchev–Trinajstić information content (AvgIpc) is 3.57. The summed E-state index contributed by atoms with van der Waals surface area (Å²) in [7, 11) is 0. The highest BCUT2D eigenvalue weighted by atomic mass is 16.8. The number of carbonyl (C=O) groups excluding carboxylic acids is 2. The van der Waals surface area contributed by atoms with Crippen molar-refractivity contribution in [3.8, 4) is 0 Å². The Morgan fingerprint density at radius 3 is 2.44 bits per heavy atom. The Balaban J connectivity index is 1.25. The molecular weight excluding hydrogens is 630 g/mol. The third kappa shape index (κ3) is 8.09. The quantitative estimate of drug-likeness (QED) is 0.115. The molecule has 2 heterocycles. The average molecular weight is 692 g/mol. The molecule has 3 aliphatic carbocycles. The molecule has 1 unspecified atom stereocenters. The number of esters is 1. The van der Waals surface area contributed by atoms with E-state index in [1.165, 1.54) is 5.57 Å². The third-order valence-electron chi connectivity index (χ3n) is 12.4. The van der Waals surface area contributed by atoms with Crippen molar-refractivity contribution < 1.29 is 33.6 Å². The maximum atomic E-state index is 14.2.